The normalized spacial score (nSPS) is 10.2. The molecule has 1 N–H and O–H groups in total. The number of halogens is 2. The number of nitrogens with one attached hydrogen (secondary N) is 1. The highest BCUT2D eigenvalue weighted by Gasteiger charge is 2.07. The van der Waals surface area contributed by atoms with Crippen molar-refractivity contribution in [2.45, 2.75) is 0 Å². The molecule has 0 unspecified atom stereocenters. The Morgan fingerprint density at radius 2 is 2.00 bits per heavy atom. The molecule has 0 saturated carbocycles. The molecule has 16 heavy (non-hydrogen) atoms. The van der Waals surface area contributed by atoms with Crippen molar-refractivity contribution < 1.29 is 4.39 Å². The third kappa shape index (κ3) is 2.12. The lowest BCUT2D eigenvalue weighted by molar-refractivity contribution is 0.630. The molecule has 2 rings (SSSR count). The van der Waals surface area contributed by atoms with Crippen molar-refractivity contribution >= 4 is 17.4 Å². The molecule has 0 radical (unpaired) electrons. The minimum Gasteiger partial charge on any atom is -0.372 e. The van der Waals surface area contributed by atoms with Crippen molar-refractivity contribution in [2.24, 2.45) is 0 Å². The third-order valence-corrected chi connectivity index (χ3v) is 2.36. The van der Waals surface area contributed by atoms with E-state index in [1.54, 1.807) is 31.3 Å². The lowest BCUT2D eigenvalue weighted by Gasteiger charge is -2.03. The summed E-state index contributed by atoms with van der Waals surface area (Å²) in [7, 11) is 1.74. The van der Waals surface area contributed by atoms with Gasteiger partial charge in [0.25, 0.3) is 0 Å². The highest BCUT2D eigenvalue weighted by Crippen LogP contribution is 2.23. The Hall–Kier alpha value is -1.68. The predicted octanol–water partition coefficient (Wildman–Crippen LogP) is 2.98. The molecule has 0 aliphatic heterocycles. The highest BCUT2D eigenvalue weighted by atomic mass is 35.5. The third-order valence-electron chi connectivity index (χ3n) is 2.13. The van der Waals surface area contributed by atoms with E-state index in [0.29, 0.717) is 22.1 Å². The average molecular weight is 238 g/mol. The Kier molecular flexibility index (Phi) is 3.01. The van der Waals surface area contributed by atoms with Crippen LogP contribution in [0.1, 0.15) is 0 Å². The van der Waals surface area contributed by atoms with Crippen LogP contribution in [-0.4, -0.2) is 17.2 Å². The van der Waals surface area contributed by atoms with Gasteiger partial charge >= 0.3 is 0 Å². The Bertz CT molecular complexity index is 499. The van der Waals surface area contributed by atoms with Gasteiger partial charge in [-0.2, -0.15) is 0 Å². The van der Waals surface area contributed by atoms with Gasteiger partial charge in [0.1, 0.15) is 11.6 Å². The summed E-state index contributed by atoms with van der Waals surface area (Å²) in [6, 6.07) is 7.89. The molecule has 1 aromatic carbocycles. The van der Waals surface area contributed by atoms with Gasteiger partial charge in [-0.3, -0.25) is 0 Å². The van der Waals surface area contributed by atoms with Crippen LogP contribution in [0.4, 0.5) is 10.2 Å². The van der Waals surface area contributed by atoms with Crippen molar-refractivity contribution in [1.82, 2.24) is 10.2 Å². The summed E-state index contributed by atoms with van der Waals surface area (Å²) in [6.07, 6.45) is 0. The van der Waals surface area contributed by atoms with Gasteiger partial charge in [0.15, 0.2) is 0 Å². The molecular formula is C11H9ClFN3. The quantitative estimate of drug-likeness (QED) is 0.873. The Labute approximate surface area is 97.3 Å². The van der Waals surface area contributed by atoms with Gasteiger partial charge in [-0.15, -0.1) is 10.2 Å². The maximum atomic E-state index is 13.6. The van der Waals surface area contributed by atoms with Gasteiger partial charge < -0.3 is 5.32 Å². The molecule has 0 spiro atoms. The van der Waals surface area contributed by atoms with Crippen LogP contribution < -0.4 is 5.32 Å². The molecule has 1 aromatic heterocycles. The van der Waals surface area contributed by atoms with Gasteiger partial charge in [0, 0.05) is 17.6 Å². The van der Waals surface area contributed by atoms with Gasteiger partial charge in [0.2, 0.25) is 0 Å². The van der Waals surface area contributed by atoms with Crippen molar-refractivity contribution in [3.63, 3.8) is 0 Å². The number of hydrogen-bond acceptors (Lipinski definition) is 3. The second-order valence-corrected chi connectivity index (χ2v) is 3.61. The largest absolute Gasteiger partial charge is 0.372 e. The first kappa shape index (κ1) is 10.8. The van der Waals surface area contributed by atoms with Crippen LogP contribution in [-0.2, 0) is 0 Å². The summed E-state index contributed by atoms with van der Waals surface area (Å²) < 4.78 is 13.6. The van der Waals surface area contributed by atoms with Crippen LogP contribution in [0.3, 0.4) is 0 Å². The maximum absolute atomic E-state index is 13.6. The van der Waals surface area contributed by atoms with E-state index in [-0.39, 0.29) is 0 Å². The number of hydrogen-bond donors (Lipinski definition) is 1. The zero-order valence-electron chi connectivity index (χ0n) is 8.54. The molecule has 82 valence electrons. The van der Waals surface area contributed by atoms with E-state index in [1.807, 2.05) is 0 Å². The van der Waals surface area contributed by atoms with E-state index >= 15 is 0 Å². The average Bonchev–Trinajstić information content (AvgIpc) is 2.29. The standard InChI is InChI=1S/C11H9ClFN3/c1-14-11-5-4-10(15-16-11)8-3-2-7(12)6-9(8)13/h2-6H,1H3,(H,14,16). The van der Waals surface area contributed by atoms with E-state index in [1.165, 1.54) is 6.07 Å². The molecule has 2 aromatic rings. The Balaban J connectivity index is 2.42. The number of benzene rings is 1. The smallest absolute Gasteiger partial charge is 0.148 e. The number of nitrogens with zero attached hydrogens (tertiary/aromatic N) is 2. The van der Waals surface area contributed by atoms with Crippen LogP contribution in [0.2, 0.25) is 5.02 Å². The summed E-state index contributed by atoms with van der Waals surface area (Å²) >= 11 is 5.67. The molecule has 0 atom stereocenters. The van der Waals surface area contributed by atoms with Crippen LogP contribution >= 0.6 is 11.6 Å². The summed E-state index contributed by atoms with van der Waals surface area (Å²) in [5.41, 5.74) is 0.868. The number of anilines is 1. The first-order valence-corrected chi connectivity index (χ1v) is 5.05. The zero-order valence-corrected chi connectivity index (χ0v) is 9.29. The molecule has 5 heteroatoms. The molecule has 3 nitrogen and oxygen atoms in total. The second-order valence-electron chi connectivity index (χ2n) is 3.18. The molecular weight excluding hydrogens is 229 g/mol. The lowest BCUT2D eigenvalue weighted by atomic mass is 10.1. The van der Waals surface area contributed by atoms with Gasteiger partial charge in [-0.1, -0.05) is 11.6 Å². The van der Waals surface area contributed by atoms with Crippen molar-refractivity contribution in [3.8, 4) is 11.3 Å². The Morgan fingerprint density at radius 1 is 1.19 bits per heavy atom. The lowest BCUT2D eigenvalue weighted by Crippen LogP contribution is -1.96. The molecule has 0 fully saturated rings. The zero-order chi connectivity index (χ0) is 11.5. The fraction of sp³-hybridized carbons (Fsp3) is 0.0909. The summed E-state index contributed by atoms with van der Waals surface area (Å²) in [4.78, 5) is 0. The topological polar surface area (TPSA) is 37.8 Å². The van der Waals surface area contributed by atoms with E-state index in [9.17, 15) is 4.39 Å². The SMILES string of the molecule is CNc1ccc(-c2ccc(Cl)cc2F)nn1. The monoisotopic (exact) mass is 237 g/mol. The maximum Gasteiger partial charge on any atom is 0.148 e. The molecule has 0 bridgehead atoms. The molecule has 0 saturated heterocycles. The van der Waals surface area contributed by atoms with Gasteiger partial charge in [-0.05, 0) is 30.3 Å². The van der Waals surface area contributed by atoms with E-state index < -0.39 is 5.82 Å². The summed E-state index contributed by atoms with van der Waals surface area (Å²) in [5.74, 6) is 0.233. The number of rotatable bonds is 2. The van der Waals surface area contributed by atoms with Crippen molar-refractivity contribution in [1.29, 1.82) is 0 Å². The molecule has 1 heterocycles. The van der Waals surface area contributed by atoms with E-state index in [2.05, 4.69) is 15.5 Å². The van der Waals surface area contributed by atoms with Crippen LogP contribution in [0.15, 0.2) is 30.3 Å². The van der Waals surface area contributed by atoms with Crippen LogP contribution in [0, 0.1) is 5.82 Å². The van der Waals surface area contributed by atoms with Gasteiger partial charge in [0.05, 0.1) is 5.69 Å². The van der Waals surface area contributed by atoms with Gasteiger partial charge in [-0.25, -0.2) is 4.39 Å². The van der Waals surface area contributed by atoms with E-state index in [4.69, 9.17) is 11.6 Å². The molecule has 0 amide bonds. The minimum atomic E-state index is -0.404. The highest BCUT2D eigenvalue weighted by molar-refractivity contribution is 6.30. The van der Waals surface area contributed by atoms with Crippen LogP contribution in [0.25, 0.3) is 11.3 Å². The minimum absolute atomic E-state index is 0.362. The fourth-order valence-corrected chi connectivity index (χ4v) is 1.47. The first-order valence-electron chi connectivity index (χ1n) is 4.67. The van der Waals surface area contributed by atoms with E-state index in [0.717, 1.165) is 0 Å². The summed E-state index contributed by atoms with van der Waals surface area (Å²) in [6.45, 7) is 0. The second kappa shape index (κ2) is 4.45. The first-order chi connectivity index (χ1) is 7.70. The molecule has 0 aliphatic rings. The molecule has 0 aliphatic carbocycles. The van der Waals surface area contributed by atoms with Crippen molar-refractivity contribution in [3.05, 3.63) is 41.2 Å². The fourth-order valence-electron chi connectivity index (χ4n) is 1.31. The van der Waals surface area contributed by atoms with Crippen molar-refractivity contribution in [2.75, 3.05) is 12.4 Å². The Morgan fingerprint density at radius 3 is 2.56 bits per heavy atom. The summed E-state index contributed by atoms with van der Waals surface area (Å²) in [5, 5.41) is 11.0. The predicted molar refractivity (Wildman–Crippen MR) is 62.0 cm³/mol. The number of aromatic nitrogens is 2. The van der Waals surface area contributed by atoms with Crippen LogP contribution in [0.5, 0.6) is 0 Å².